The highest BCUT2D eigenvalue weighted by atomic mass is 16.7. The standard InChI is InChI=1S/C19H28O6/c1-22-15-25-16-11-7-4-5-9-13-19(17(20)23-2,18(21)24-3)14-10-6-8-12-16/h5-6,8-10,12,16H,4,7,11,13-15H2,1-3H3/b9-5-,10-6-,12-8+. The fourth-order valence-corrected chi connectivity index (χ4v) is 2.66. The molecule has 25 heavy (non-hydrogen) atoms. The summed E-state index contributed by atoms with van der Waals surface area (Å²) in [6.07, 6.45) is 14.2. The molecule has 140 valence electrons. The summed E-state index contributed by atoms with van der Waals surface area (Å²) in [7, 11) is 4.14. The molecule has 1 rings (SSSR count). The van der Waals surface area contributed by atoms with Gasteiger partial charge >= 0.3 is 11.9 Å². The Balaban J connectivity index is 3.00. The zero-order chi connectivity index (χ0) is 18.5. The lowest BCUT2D eigenvalue weighted by Gasteiger charge is -2.25. The van der Waals surface area contributed by atoms with Crippen molar-refractivity contribution in [2.24, 2.45) is 5.41 Å². The molecule has 1 aliphatic carbocycles. The van der Waals surface area contributed by atoms with Gasteiger partial charge in [0.05, 0.1) is 20.3 Å². The Hall–Kier alpha value is -1.92. The van der Waals surface area contributed by atoms with Gasteiger partial charge in [-0.1, -0.05) is 36.5 Å². The van der Waals surface area contributed by atoms with Crippen LogP contribution in [-0.2, 0) is 28.5 Å². The minimum Gasteiger partial charge on any atom is -0.468 e. The first-order valence-electron chi connectivity index (χ1n) is 8.36. The van der Waals surface area contributed by atoms with Gasteiger partial charge in [0.1, 0.15) is 6.79 Å². The normalized spacial score (nSPS) is 24.7. The molecular formula is C19H28O6. The third-order valence-electron chi connectivity index (χ3n) is 4.08. The highest BCUT2D eigenvalue weighted by Gasteiger charge is 2.46. The molecule has 0 saturated carbocycles. The van der Waals surface area contributed by atoms with Crippen molar-refractivity contribution in [2.75, 3.05) is 28.1 Å². The van der Waals surface area contributed by atoms with Crippen LogP contribution in [0, 0.1) is 5.41 Å². The molecule has 0 heterocycles. The van der Waals surface area contributed by atoms with Crippen molar-refractivity contribution in [2.45, 2.75) is 38.2 Å². The minimum absolute atomic E-state index is 0.0373. The molecule has 0 aromatic rings. The molecule has 0 aliphatic heterocycles. The van der Waals surface area contributed by atoms with Crippen molar-refractivity contribution in [1.82, 2.24) is 0 Å². The van der Waals surface area contributed by atoms with E-state index in [2.05, 4.69) is 0 Å². The van der Waals surface area contributed by atoms with Crippen LogP contribution in [-0.4, -0.2) is 46.2 Å². The molecule has 6 nitrogen and oxygen atoms in total. The molecular weight excluding hydrogens is 324 g/mol. The lowest BCUT2D eigenvalue weighted by Crippen LogP contribution is -2.40. The van der Waals surface area contributed by atoms with Crippen LogP contribution in [0.5, 0.6) is 0 Å². The zero-order valence-corrected chi connectivity index (χ0v) is 15.2. The maximum Gasteiger partial charge on any atom is 0.323 e. The van der Waals surface area contributed by atoms with Gasteiger partial charge in [-0.3, -0.25) is 9.59 Å². The lowest BCUT2D eigenvalue weighted by atomic mass is 9.80. The van der Waals surface area contributed by atoms with Crippen molar-refractivity contribution in [3.8, 4) is 0 Å². The fourth-order valence-electron chi connectivity index (χ4n) is 2.66. The van der Waals surface area contributed by atoms with E-state index < -0.39 is 17.4 Å². The Morgan fingerprint density at radius 3 is 2.32 bits per heavy atom. The van der Waals surface area contributed by atoms with Crippen LogP contribution >= 0.6 is 0 Å². The highest BCUT2D eigenvalue weighted by molar-refractivity contribution is 6.00. The molecule has 0 spiro atoms. The van der Waals surface area contributed by atoms with E-state index in [1.165, 1.54) is 14.2 Å². The van der Waals surface area contributed by atoms with Gasteiger partial charge < -0.3 is 18.9 Å². The summed E-state index contributed by atoms with van der Waals surface area (Å²) in [5.74, 6) is -1.18. The van der Waals surface area contributed by atoms with Crippen molar-refractivity contribution in [3.05, 3.63) is 36.5 Å². The van der Waals surface area contributed by atoms with E-state index >= 15 is 0 Å². The maximum absolute atomic E-state index is 12.3. The van der Waals surface area contributed by atoms with E-state index in [0.717, 1.165) is 19.3 Å². The first kappa shape index (κ1) is 21.1. The molecule has 0 bridgehead atoms. The maximum atomic E-state index is 12.3. The number of esters is 2. The fraction of sp³-hybridized carbons (Fsp3) is 0.579. The van der Waals surface area contributed by atoms with E-state index in [1.54, 1.807) is 19.3 Å². The molecule has 6 heteroatoms. The van der Waals surface area contributed by atoms with Crippen molar-refractivity contribution in [1.29, 1.82) is 0 Å². The number of carbonyl (C=O) groups excluding carboxylic acids is 2. The minimum atomic E-state index is -1.36. The number of hydrogen-bond acceptors (Lipinski definition) is 6. The molecule has 0 amide bonds. The Kier molecular flexibility index (Phi) is 9.80. The number of carbonyl (C=O) groups is 2. The number of rotatable bonds is 5. The quantitative estimate of drug-likeness (QED) is 0.328. The third-order valence-corrected chi connectivity index (χ3v) is 4.08. The molecule has 0 aromatic heterocycles. The summed E-state index contributed by atoms with van der Waals surface area (Å²) >= 11 is 0. The lowest BCUT2D eigenvalue weighted by molar-refractivity contribution is -0.168. The molecule has 1 aliphatic rings. The monoisotopic (exact) mass is 352 g/mol. The summed E-state index contributed by atoms with van der Waals surface area (Å²) in [6, 6.07) is 0. The van der Waals surface area contributed by atoms with Crippen LogP contribution < -0.4 is 0 Å². The SMILES string of the molecule is COCOC1/C=C/C=C\CC(C(=O)OC)(C(=O)OC)C/C=C\CCC1. The van der Waals surface area contributed by atoms with E-state index in [9.17, 15) is 9.59 Å². The van der Waals surface area contributed by atoms with Crippen molar-refractivity contribution >= 4 is 11.9 Å². The summed E-state index contributed by atoms with van der Waals surface area (Å²) in [5.41, 5.74) is -1.36. The van der Waals surface area contributed by atoms with Crippen LogP contribution in [0.25, 0.3) is 0 Å². The van der Waals surface area contributed by atoms with E-state index in [4.69, 9.17) is 18.9 Å². The van der Waals surface area contributed by atoms with E-state index in [0.29, 0.717) is 0 Å². The van der Waals surface area contributed by atoms with Crippen LogP contribution in [0.2, 0.25) is 0 Å². The number of hydrogen-bond donors (Lipinski definition) is 0. The molecule has 0 saturated heterocycles. The first-order chi connectivity index (χ1) is 12.1. The number of methoxy groups -OCH3 is 3. The highest BCUT2D eigenvalue weighted by Crippen LogP contribution is 2.32. The van der Waals surface area contributed by atoms with E-state index in [-0.39, 0.29) is 25.7 Å². The van der Waals surface area contributed by atoms with Crippen molar-refractivity contribution in [3.63, 3.8) is 0 Å². The second-order valence-electron chi connectivity index (χ2n) is 5.80. The molecule has 1 unspecified atom stereocenters. The Morgan fingerprint density at radius 1 is 1.00 bits per heavy atom. The summed E-state index contributed by atoms with van der Waals surface area (Å²) in [4.78, 5) is 24.6. The molecule has 0 aromatic carbocycles. The number of allylic oxidation sites excluding steroid dienone is 5. The second kappa shape index (κ2) is 11.6. The van der Waals surface area contributed by atoms with Gasteiger partial charge in [0, 0.05) is 7.11 Å². The average molecular weight is 352 g/mol. The van der Waals surface area contributed by atoms with Gasteiger partial charge in [-0.25, -0.2) is 0 Å². The predicted octanol–water partition coefficient (Wildman–Crippen LogP) is 2.94. The van der Waals surface area contributed by atoms with Gasteiger partial charge in [-0.05, 0) is 32.1 Å². The van der Waals surface area contributed by atoms with Crippen LogP contribution in [0.1, 0.15) is 32.1 Å². The average Bonchev–Trinajstić information content (AvgIpc) is 2.66. The number of ether oxygens (including phenoxy) is 4. The predicted molar refractivity (Wildman–Crippen MR) is 93.7 cm³/mol. The van der Waals surface area contributed by atoms with Gasteiger partial charge in [0.25, 0.3) is 0 Å². The first-order valence-corrected chi connectivity index (χ1v) is 8.36. The van der Waals surface area contributed by atoms with Gasteiger partial charge in [0.2, 0.25) is 0 Å². The Bertz CT molecular complexity index is 490. The molecule has 0 fully saturated rings. The topological polar surface area (TPSA) is 71.1 Å². The Labute approximate surface area is 149 Å². The molecule has 1 atom stereocenters. The van der Waals surface area contributed by atoms with E-state index in [1.807, 2.05) is 24.3 Å². The van der Waals surface area contributed by atoms with Crippen molar-refractivity contribution < 1.29 is 28.5 Å². The summed E-state index contributed by atoms with van der Waals surface area (Å²) < 4.78 is 20.3. The smallest absolute Gasteiger partial charge is 0.323 e. The molecule has 0 N–H and O–H groups in total. The van der Waals surface area contributed by atoms with Crippen LogP contribution in [0.4, 0.5) is 0 Å². The second-order valence-corrected chi connectivity index (χ2v) is 5.80. The summed E-state index contributed by atoms with van der Waals surface area (Å²) in [6.45, 7) is 0.238. The van der Waals surface area contributed by atoms with Gasteiger partial charge in [-0.15, -0.1) is 0 Å². The largest absolute Gasteiger partial charge is 0.468 e. The Morgan fingerprint density at radius 2 is 1.68 bits per heavy atom. The molecule has 0 radical (unpaired) electrons. The third kappa shape index (κ3) is 6.48. The summed E-state index contributed by atoms with van der Waals surface area (Å²) in [5, 5.41) is 0. The van der Waals surface area contributed by atoms with Gasteiger partial charge in [0.15, 0.2) is 5.41 Å². The zero-order valence-electron chi connectivity index (χ0n) is 15.2. The van der Waals surface area contributed by atoms with Crippen LogP contribution in [0.15, 0.2) is 36.5 Å². The van der Waals surface area contributed by atoms with Crippen LogP contribution in [0.3, 0.4) is 0 Å². The van der Waals surface area contributed by atoms with Gasteiger partial charge in [-0.2, -0.15) is 0 Å².